The summed E-state index contributed by atoms with van der Waals surface area (Å²) in [6, 6.07) is 21.1. The smallest absolute Gasteiger partial charge is 0.267 e. The molecule has 0 spiro atoms. The second kappa shape index (κ2) is 6.55. The second-order valence-electron chi connectivity index (χ2n) is 6.26. The van der Waals surface area contributed by atoms with Gasteiger partial charge in [0.1, 0.15) is 6.33 Å². The molecule has 0 atom stereocenters. The Hall–Kier alpha value is -4.13. The van der Waals surface area contributed by atoms with Crippen LogP contribution >= 0.6 is 0 Å². The molecule has 28 heavy (non-hydrogen) atoms. The SMILES string of the molecule is O=c1/c(=C/c2ccccc2)c2cc3nncn3nc2n1/N=C/c1ccccc1. The van der Waals surface area contributed by atoms with Crippen molar-refractivity contribution in [3.05, 3.63) is 99.8 Å². The Morgan fingerprint density at radius 1 is 0.929 bits per heavy atom. The van der Waals surface area contributed by atoms with Crippen molar-refractivity contribution in [2.45, 2.75) is 0 Å². The number of nitrogens with zero attached hydrogens (tertiary/aromatic N) is 6. The summed E-state index contributed by atoms with van der Waals surface area (Å²) in [5, 5.41) is 18.0. The zero-order valence-corrected chi connectivity index (χ0v) is 14.7. The number of fused-ring (bicyclic) bond motifs is 2. The van der Waals surface area contributed by atoms with Gasteiger partial charge in [-0.1, -0.05) is 60.7 Å². The summed E-state index contributed by atoms with van der Waals surface area (Å²) in [6.45, 7) is 0. The van der Waals surface area contributed by atoms with Crippen molar-refractivity contribution in [1.82, 2.24) is 24.5 Å². The number of benzene rings is 2. The van der Waals surface area contributed by atoms with E-state index in [0.717, 1.165) is 11.1 Å². The third kappa shape index (κ3) is 2.75. The minimum atomic E-state index is -0.236. The largest absolute Gasteiger partial charge is 0.280 e. The third-order valence-electron chi connectivity index (χ3n) is 4.42. The van der Waals surface area contributed by atoms with Gasteiger partial charge >= 0.3 is 0 Å². The number of aromatic nitrogens is 5. The maximum Gasteiger partial charge on any atom is 0.280 e. The van der Waals surface area contributed by atoms with Crippen molar-refractivity contribution in [1.29, 1.82) is 0 Å². The minimum absolute atomic E-state index is 0.236. The van der Waals surface area contributed by atoms with Gasteiger partial charge in [0.15, 0.2) is 11.3 Å². The van der Waals surface area contributed by atoms with Gasteiger partial charge in [-0.15, -0.1) is 15.3 Å². The molecule has 0 aliphatic carbocycles. The highest BCUT2D eigenvalue weighted by Crippen LogP contribution is 2.10. The fourth-order valence-corrected chi connectivity index (χ4v) is 3.07. The van der Waals surface area contributed by atoms with E-state index in [2.05, 4.69) is 20.4 Å². The molecule has 0 radical (unpaired) electrons. The average Bonchev–Trinajstić information content (AvgIpc) is 3.29. The van der Waals surface area contributed by atoms with Gasteiger partial charge in [0.25, 0.3) is 5.56 Å². The molecule has 3 aromatic heterocycles. The molecule has 3 heterocycles. The maximum absolute atomic E-state index is 13.1. The molecule has 0 saturated carbocycles. The van der Waals surface area contributed by atoms with Crippen LogP contribution in [0.5, 0.6) is 0 Å². The molecule has 0 N–H and O–H groups in total. The van der Waals surface area contributed by atoms with Crippen molar-refractivity contribution in [2.75, 3.05) is 0 Å². The molecule has 0 fully saturated rings. The molecule has 0 amide bonds. The van der Waals surface area contributed by atoms with E-state index in [1.165, 1.54) is 15.5 Å². The normalized spacial score (nSPS) is 12.5. The van der Waals surface area contributed by atoms with Gasteiger partial charge in [-0.05, 0) is 23.3 Å². The number of hydrogen-bond donors (Lipinski definition) is 0. The van der Waals surface area contributed by atoms with Crippen molar-refractivity contribution in [2.24, 2.45) is 5.10 Å². The molecule has 5 aromatic rings. The molecular weight excluding hydrogens is 352 g/mol. The molecule has 7 heteroatoms. The van der Waals surface area contributed by atoms with Crippen molar-refractivity contribution >= 4 is 29.0 Å². The average molecular weight is 366 g/mol. The first-order valence-corrected chi connectivity index (χ1v) is 8.71. The Kier molecular flexibility index (Phi) is 3.76. The van der Waals surface area contributed by atoms with Crippen molar-refractivity contribution in [3.63, 3.8) is 0 Å². The molecule has 0 unspecified atom stereocenters. The van der Waals surface area contributed by atoms with Crippen LogP contribution in [0.15, 0.2) is 83.0 Å². The van der Waals surface area contributed by atoms with Gasteiger partial charge in [-0.2, -0.15) is 14.3 Å². The second-order valence-corrected chi connectivity index (χ2v) is 6.26. The van der Waals surface area contributed by atoms with Crippen LogP contribution in [0.25, 0.3) is 22.8 Å². The fraction of sp³-hybridized carbons (Fsp3) is 0. The quantitative estimate of drug-likeness (QED) is 0.457. The molecular formula is C21H14N6O. The van der Waals surface area contributed by atoms with E-state index in [0.29, 0.717) is 21.9 Å². The highest BCUT2D eigenvalue weighted by atomic mass is 16.1. The van der Waals surface area contributed by atoms with Gasteiger partial charge < -0.3 is 0 Å². The first kappa shape index (κ1) is 16.1. The summed E-state index contributed by atoms with van der Waals surface area (Å²) >= 11 is 0. The summed E-state index contributed by atoms with van der Waals surface area (Å²) in [7, 11) is 0. The highest BCUT2D eigenvalue weighted by molar-refractivity contribution is 5.83. The monoisotopic (exact) mass is 366 g/mol. The molecule has 2 aromatic carbocycles. The van der Waals surface area contributed by atoms with Crippen LogP contribution in [0.2, 0.25) is 0 Å². The summed E-state index contributed by atoms with van der Waals surface area (Å²) in [4.78, 5) is 13.1. The molecule has 0 bridgehead atoms. The zero-order chi connectivity index (χ0) is 18.9. The first-order chi connectivity index (χ1) is 13.8. The Balaban J connectivity index is 1.80. The lowest BCUT2D eigenvalue weighted by Crippen LogP contribution is -2.26. The van der Waals surface area contributed by atoms with Crippen LogP contribution in [0.1, 0.15) is 11.1 Å². The standard InChI is InChI=1S/C21H14N6O/c28-21-18(11-15-7-3-1-4-8-15)17-12-19-24-22-14-26(19)25-20(17)27(21)23-13-16-9-5-2-6-10-16/h1-14H/b18-11+,23-13+. The predicted molar refractivity (Wildman–Crippen MR) is 107 cm³/mol. The van der Waals surface area contributed by atoms with Crippen LogP contribution < -0.4 is 10.8 Å². The third-order valence-corrected chi connectivity index (χ3v) is 4.42. The van der Waals surface area contributed by atoms with Crippen molar-refractivity contribution < 1.29 is 0 Å². The van der Waals surface area contributed by atoms with E-state index in [-0.39, 0.29) is 5.56 Å². The van der Waals surface area contributed by atoms with Crippen LogP contribution in [0.3, 0.4) is 0 Å². The van der Waals surface area contributed by atoms with Gasteiger partial charge in [0.05, 0.1) is 11.4 Å². The summed E-state index contributed by atoms with van der Waals surface area (Å²) < 4.78 is 2.85. The molecule has 134 valence electrons. The van der Waals surface area contributed by atoms with E-state index in [4.69, 9.17) is 0 Å². The van der Waals surface area contributed by atoms with Crippen molar-refractivity contribution in [3.8, 4) is 0 Å². The first-order valence-electron chi connectivity index (χ1n) is 8.71. The van der Waals surface area contributed by atoms with E-state index in [9.17, 15) is 4.79 Å². The van der Waals surface area contributed by atoms with Crippen LogP contribution in [-0.2, 0) is 0 Å². The molecule has 0 saturated heterocycles. The van der Waals surface area contributed by atoms with Gasteiger partial charge in [0, 0.05) is 5.39 Å². The fourth-order valence-electron chi connectivity index (χ4n) is 3.07. The molecule has 0 aliphatic rings. The van der Waals surface area contributed by atoms with E-state index < -0.39 is 0 Å². The molecule has 5 rings (SSSR count). The Morgan fingerprint density at radius 2 is 1.64 bits per heavy atom. The van der Waals surface area contributed by atoms with Crippen LogP contribution in [-0.4, -0.2) is 30.7 Å². The van der Waals surface area contributed by atoms with E-state index >= 15 is 0 Å². The lowest BCUT2D eigenvalue weighted by Gasteiger charge is -1.96. The summed E-state index contributed by atoms with van der Waals surface area (Å²) in [6.07, 6.45) is 4.98. The van der Waals surface area contributed by atoms with Crippen LogP contribution in [0, 0.1) is 0 Å². The van der Waals surface area contributed by atoms with Crippen LogP contribution in [0.4, 0.5) is 0 Å². The number of rotatable bonds is 3. The lowest BCUT2D eigenvalue weighted by atomic mass is 10.2. The summed E-state index contributed by atoms with van der Waals surface area (Å²) in [5.41, 5.74) is 2.60. The van der Waals surface area contributed by atoms with Gasteiger partial charge in [-0.3, -0.25) is 4.79 Å². The highest BCUT2D eigenvalue weighted by Gasteiger charge is 2.13. The topological polar surface area (TPSA) is 77.4 Å². The minimum Gasteiger partial charge on any atom is -0.267 e. The van der Waals surface area contributed by atoms with Gasteiger partial charge in [0.2, 0.25) is 0 Å². The van der Waals surface area contributed by atoms with E-state index in [1.54, 1.807) is 12.3 Å². The molecule has 0 aliphatic heterocycles. The molecule has 7 nitrogen and oxygen atoms in total. The lowest BCUT2D eigenvalue weighted by molar-refractivity contribution is 0.838. The zero-order valence-electron chi connectivity index (χ0n) is 14.7. The predicted octanol–water partition coefficient (Wildman–Crippen LogP) is 1.87. The Morgan fingerprint density at radius 3 is 2.39 bits per heavy atom. The Bertz CT molecular complexity index is 1420. The van der Waals surface area contributed by atoms with E-state index in [1.807, 2.05) is 66.7 Å². The summed E-state index contributed by atoms with van der Waals surface area (Å²) in [5.74, 6) is 0. The Labute approximate surface area is 158 Å². The van der Waals surface area contributed by atoms with Gasteiger partial charge in [-0.25, -0.2) is 0 Å². The number of hydrogen-bond acceptors (Lipinski definition) is 5. The maximum atomic E-state index is 13.1.